The molecule has 1 amide bonds. The molecule has 3 N–H and O–H groups in total. The Morgan fingerprint density at radius 2 is 2.10 bits per heavy atom. The van der Waals surface area contributed by atoms with E-state index >= 15 is 0 Å². The van der Waals surface area contributed by atoms with Crippen molar-refractivity contribution >= 4 is 17.7 Å². The summed E-state index contributed by atoms with van der Waals surface area (Å²) in [4.78, 5) is 23.1. The smallest absolute Gasteiger partial charge is 0.291 e. The van der Waals surface area contributed by atoms with Crippen molar-refractivity contribution < 1.29 is 4.79 Å². The number of hydrogen-bond donors (Lipinski definition) is 2. The number of nitrogens with one attached hydrogen (secondary N) is 1. The predicted octanol–water partition coefficient (Wildman–Crippen LogP) is 0.283. The summed E-state index contributed by atoms with van der Waals surface area (Å²) in [6.07, 6.45) is 7.97. The number of hydrogen-bond acceptors (Lipinski definition) is 6. The molecule has 1 fully saturated rings. The third-order valence-electron chi connectivity index (χ3n) is 3.31. The molecule has 0 aliphatic heterocycles. The monoisotopic (exact) mass is 297 g/mol. The van der Waals surface area contributed by atoms with Gasteiger partial charge in [-0.2, -0.15) is 9.77 Å². The van der Waals surface area contributed by atoms with Crippen LogP contribution in [0.2, 0.25) is 0 Å². The Hall–Kier alpha value is -1.57. The van der Waals surface area contributed by atoms with Crippen molar-refractivity contribution in [2.45, 2.75) is 49.7 Å². The van der Waals surface area contributed by atoms with Gasteiger partial charge in [0.25, 0.3) is 5.56 Å². The van der Waals surface area contributed by atoms with Crippen LogP contribution in [-0.2, 0) is 4.79 Å². The molecule has 8 heteroatoms. The van der Waals surface area contributed by atoms with Gasteiger partial charge in [-0.1, -0.05) is 37.4 Å². The molecule has 1 aromatic heterocycles. The summed E-state index contributed by atoms with van der Waals surface area (Å²) in [5.74, 6) is 5.65. The van der Waals surface area contributed by atoms with E-state index in [1.54, 1.807) is 0 Å². The van der Waals surface area contributed by atoms with Crippen molar-refractivity contribution in [2.24, 2.45) is 0 Å². The predicted molar refractivity (Wildman–Crippen MR) is 76.8 cm³/mol. The van der Waals surface area contributed by atoms with E-state index in [-0.39, 0.29) is 22.9 Å². The molecule has 1 aliphatic carbocycles. The highest BCUT2D eigenvalue weighted by atomic mass is 32.2. The summed E-state index contributed by atoms with van der Waals surface area (Å²) < 4.78 is 0.899. The van der Waals surface area contributed by atoms with Crippen LogP contribution in [0.5, 0.6) is 0 Å². The van der Waals surface area contributed by atoms with E-state index in [0.29, 0.717) is 0 Å². The zero-order valence-corrected chi connectivity index (χ0v) is 12.1. The van der Waals surface area contributed by atoms with Gasteiger partial charge in [0.15, 0.2) is 0 Å². The van der Waals surface area contributed by atoms with Crippen LogP contribution in [0.4, 0.5) is 0 Å². The first-order valence-corrected chi connectivity index (χ1v) is 7.77. The number of amides is 1. The molecule has 110 valence electrons. The number of nitrogens with two attached hydrogens (primary N) is 1. The summed E-state index contributed by atoms with van der Waals surface area (Å²) in [5.41, 5.74) is -0.438. The van der Waals surface area contributed by atoms with E-state index in [1.807, 2.05) is 0 Å². The maximum absolute atomic E-state index is 11.9. The molecule has 0 radical (unpaired) electrons. The van der Waals surface area contributed by atoms with Gasteiger partial charge in [0.05, 0.1) is 5.75 Å². The number of nitrogen functional groups attached to an aromatic ring is 1. The summed E-state index contributed by atoms with van der Waals surface area (Å²) >= 11 is 1.12. The average molecular weight is 297 g/mol. The van der Waals surface area contributed by atoms with Crippen LogP contribution in [0, 0.1) is 0 Å². The number of carbonyl (C=O) groups excluding carboxylic acids is 1. The third-order valence-corrected chi connectivity index (χ3v) is 4.25. The SMILES string of the molecule is Nn1c(SCC(=O)NC2CCCCCC2)nncc1=O. The van der Waals surface area contributed by atoms with Gasteiger partial charge in [0.2, 0.25) is 11.1 Å². The molecule has 0 bridgehead atoms. The minimum Gasteiger partial charge on any atom is -0.353 e. The minimum atomic E-state index is -0.438. The first kappa shape index (κ1) is 14.8. The van der Waals surface area contributed by atoms with Gasteiger partial charge in [-0.05, 0) is 12.8 Å². The van der Waals surface area contributed by atoms with Crippen molar-refractivity contribution in [3.63, 3.8) is 0 Å². The summed E-state index contributed by atoms with van der Waals surface area (Å²) in [5, 5.41) is 10.6. The van der Waals surface area contributed by atoms with Gasteiger partial charge in [0.1, 0.15) is 6.20 Å². The quantitative estimate of drug-likeness (QED) is 0.470. The zero-order valence-electron chi connectivity index (χ0n) is 11.2. The van der Waals surface area contributed by atoms with Gasteiger partial charge in [-0.25, -0.2) is 0 Å². The van der Waals surface area contributed by atoms with E-state index in [4.69, 9.17) is 5.84 Å². The van der Waals surface area contributed by atoms with Crippen molar-refractivity contribution in [1.82, 2.24) is 20.2 Å². The van der Waals surface area contributed by atoms with E-state index in [1.165, 1.54) is 25.7 Å². The second-order valence-electron chi connectivity index (χ2n) is 4.88. The lowest BCUT2D eigenvalue weighted by Gasteiger charge is -2.15. The largest absolute Gasteiger partial charge is 0.353 e. The lowest BCUT2D eigenvalue weighted by molar-refractivity contribution is -0.119. The third kappa shape index (κ3) is 4.22. The topological polar surface area (TPSA) is 103 Å². The van der Waals surface area contributed by atoms with E-state index in [9.17, 15) is 9.59 Å². The molecule has 0 atom stereocenters. The first-order valence-electron chi connectivity index (χ1n) is 6.79. The van der Waals surface area contributed by atoms with Gasteiger partial charge in [-0.15, -0.1) is 5.10 Å². The summed E-state index contributed by atoms with van der Waals surface area (Å²) in [6, 6.07) is 0.271. The number of rotatable bonds is 4. The molecule has 1 heterocycles. The first-order chi connectivity index (χ1) is 9.66. The molecule has 0 aromatic carbocycles. The highest BCUT2D eigenvalue weighted by molar-refractivity contribution is 7.99. The highest BCUT2D eigenvalue weighted by Gasteiger charge is 2.15. The van der Waals surface area contributed by atoms with Gasteiger partial charge < -0.3 is 11.2 Å². The summed E-state index contributed by atoms with van der Waals surface area (Å²) in [7, 11) is 0. The number of thioether (sulfide) groups is 1. The van der Waals surface area contributed by atoms with Crippen LogP contribution < -0.4 is 16.7 Å². The van der Waals surface area contributed by atoms with Crippen LogP contribution in [0.25, 0.3) is 0 Å². The van der Waals surface area contributed by atoms with E-state index in [0.717, 1.165) is 35.5 Å². The van der Waals surface area contributed by atoms with Crippen LogP contribution >= 0.6 is 11.8 Å². The van der Waals surface area contributed by atoms with Crippen LogP contribution in [0.15, 0.2) is 16.1 Å². The zero-order chi connectivity index (χ0) is 14.4. The average Bonchev–Trinajstić information content (AvgIpc) is 2.69. The Balaban J connectivity index is 1.82. The van der Waals surface area contributed by atoms with E-state index < -0.39 is 5.56 Å². The fraction of sp³-hybridized carbons (Fsp3) is 0.667. The maximum Gasteiger partial charge on any atom is 0.291 e. The molecule has 0 saturated heterocycles. The Kier molecular flexibility index (Phi) is 5.40. The van der Waals surface area contributed by atoms with Crippen LogP contribution in [0.3, 0.4) is 0 Å². The Morgan fingerprint density at radius 3 is 2.80 bits per heavy atom. The maximum atomic E-state index is 11.9. The number of nitrogens with zero attached hydrogens (tertiary/aromatic N) is 3. The van der Waals surface area contributed by atoms with Gasteiger partial charge in [0, 0.05) is 6.04 Å². The van der Waals surface area contributed by atoms with Gasteiger partial charge in [-0.3, -0.25) is 9.59 Å². The fourth-order valence-corrected chi connectivity index (χ4v) is 2.93. The van der Waals surface area contributed by atoms with Crippen molar-refractivity contribution in [3.8, 4) is 0 Å². The number of carbonyl (C=O) groups is 1. The Bertz CT molecular complexity index is 511. The standard InChI is InChI=1S/C12H19N5O2S/c13-17-11(19)7-14-16-12(17)20-8-10(18)15-9-5-3-1-2-4-6-9/h7,9H,1-6,8,13H2,(H,15,18). The molecule has 0 spiro atoms. The van der Waals surface area contributed by atoms with Crippen LogP contribution in [-0.4, -0.2) is 32.6 Å². The molecular formula is C12H19N5O2S. The lowest BCUT2D eigenvalue weighted by atomic mass is 10.1. The fourth-order valence-electron chi connectivity index (χ4n) is 2.25. The molecule has 1 aromatic rings. The van der Waals surface area contributed by atoms with Crippen molar-refractivity contribution in [3.05, 3.63) is 16.6 Å². The summed E-state index contributed by atoms with van der Waals surface area (Å²) in [6.45, 7) is 0. The molecule has 7 nitrogen and oxygen atoms in total. The molecule has 2 rings (SSSR count). The van der Waals surface area contributed by atoms with Crippen LogP contribution in [0.1, 0.15) is 38.5 Å². The molecule has 1 saturated carbocycles. The van der Waals surface area contributed by atoms with Crippen molar-refractivity contribution in [1.29, 1.82) is 0 Å². The number of aromatic nitrogens is 3. The molecule has 1 aliphatic rings. The second-order valence-corrected chi connectivity index (χ2v) is 5.82. The lowest BCUT2D eigenvalue weighted by Crippen LogP contribution is -2.36. The Morgan fingerprint density at radius 1 is 1.40 bits per heavy atom. The van der Waals surface area contributed by atoms with Gasteiger partial charge >= 0.3 is 0 Å². The second kappa shape index (κ2) is 7.28. The molecular weight excluding hydrogens is 278 g/mol. The molecule has 0 unspecified atom stereocenters. The van der Waals surface area contributed by atoms with Crippen molar-refractivity contribution in [2.75, 3.05) is 11.6 Å². The van der Waals surface area contributed by atoms with E-state index in [2.05, 4.69) is 15.5 Å². The highest BCUT2D eigenvalue weighted by Crippen LogP contribution is 2.17. The minimum absolute atomic E-state index is 0.0556. The molecule has 20 heavy (non-hydrogen) atoms. The normalized spacial score (nSPS) is 16.6. The Labute approximate surface area is 121 Å².